The molecule has 1 aliphatic carbocycles. The minimum atomic E-state index is 0.611. The molecule has 0 aliphatic heterocycles. The van der Waals surface area contributed by atoms with Gasteiger partial charge in [0.1, 0.15) is 0 Å². The molecule has 0 amide bonds. The zero-order valence-electron chi connectivity index (χ0n) is 11.4. The molecule has 0 bridgehead atoms. The summed E-state index contributed by atoms with van der Waals surface area (Å²) in [4.78, 5) is 2.52. The van der Waals surface area contributed by atoms with Gasteiger partial charge in [0.05, 0.1) is 0 Å². The summed E-state index contributed by atoms with van der Waals surface area (Å²) in [6.07, 6.45) is 2.71. The van der Waals surface area contributed by atoms with Crippen LogP contribution < -0.4 is 5.32 Å². The maximum absolute atomic E-state index is 4.18. The molecule has 0 aromatic carbocycles. The van der Waals surface area contributed by atoms with Crippen LogP contribution in [-0.2, 0) is 0 Å². The predicted octanol–water partition coefficient (Wildman–Crippen LogP) is 2.66. The van der Waals surface area contributed by atoms with Crippen molar-refractivity contribution >= 4 is 0 Å². The SMILES string of the molecule is C=C(CNC1CC1)CN(CC(C)C)C(C)C. The molecule has 0 aromatic rings. The van der Waals surface area contributed by atoms with Crippen LogP contribution >= 0.6 is 0 Å². The molecule has 2 heteroatoms. The van der Waals surface area contributed by atoms with E-state index in [9.17, 15) is 0 Å². The lowest BCUT2D eigenvalue weighted by Gasteiger charge is -2.29. The summed E-state index contributed by atoms with van der Waals surface area (Å²) in [6, 6.07) is 1.40. The van der Waals surface area contributed by atoms with Crippen LogP contribution in [0.25, 0.3) is 0 Å². The van der Waals surface area contributed by atoms with Crippen LogP contribution in [0.5, 0.6) is 0 Å². The molecule has 0 heterocycles. The van der Waals surface area contributed by atoms with Crippen molar-refractivity contribution in [3.05, 3.63) is 12.2 Å². The molecule has 1 fully saturated rings. The van der Waals surface area contributed by atoms with E-state index >= 15 is 0 Å². The predicted molar refractivity (Wildman–Crippen MR) is 71.7 cm³/mol. The second-order valence-electron chi connectivity index (χ2n) is 5.82. The third kappa shape index (κ3) is 5.66. The molecular weight excluding hydrogens is 196 g/mol. The van der Waals surface area contributed by atoms with Crippen LogP contribution in [0.1, 0.15) is 40.5 Å². The molecule has 0 radical (unpaired) electrons. The van der Waals surface area contributed by atoms with Gasteiger partial charge in [0.15, 0.2) is 0 Å². The summed E-state index contributed by atoms with van der Waals surface area (Å²) in [5.74, 6) is 0.728. The minimum absolute atomic E-state index is 0.611. The van der Waals surface area contributed by atoms with Crippen molar-refractivity contribution in [2.45, 2.75) is 52.6 Å². The van der Waals surface area contributed by atoms with Gasteiger partial charge in [-0.15, -0.1) is 0 Å². The second-order valence-corrected chi connectivity index (χ2v) is 5.82. The van der Waals surface area contributed by atoms with Crippen LogP contribution in [0.4, 0.5) is 0 Å². The fraction of sp³-hybridized carbons (Fsp3) is 0.857. The van der Waals surface area contributed by atoms with E-state index in [4.69, 9.17) is 0 Å². The molecule has 2 nitrogen and oxygen atoms in total. The first-order valence-corrected chi connectivity index (χ1v) is 6.63. The van der Waals surface area contributed by atoms with Gasteiger partial charge in [0.25, 0.3) is 0 Å². The van der Waals surface area contributed by atoms with E-state index < -0.39 is 0 Å². The largest absolute Gasteiger partial charge is 0.310 e. The van der Waals surface area contributed by atoms with E-state index in [0.29, 0.717) is 6.04 Å². The molecule has 0 aromatic heterocycles. The van der Waals surface area contributed by atoms with E-state index in [1.807, 2.05) is 0 Å². The molecule has 0 spiro atoms. The first-order chi connectivity index (χ1) is 7.49. The molecule has 1 rings (SSSR count). The molecular formula is C14H28N2. The highest BCUT2D eigenvalue weighted by Crippen LogP contribution is 2.18. The summed E-state index contributed by atoms with van der Waals surface area (Å²) in [7, 11) is 0. The molecule has 1 aliphatic rings. The molecule has 0 unspecified atom stereocenters. The lowest BCUT2D eigenvalue weighted by molar-refractivity contribution is 0.213. The van der Waals surface area contributed by atoms with Crippen LogP contribution in [0.2, 0.25) is 0 Å². The van der Waals surface area contributed by atoms with E-state index in [0.717, 1.165) is 25.0 Å². The zero-order chi connectivity index (χ0) is 12.1. The fourth-order valence-electron chi connectivity index (χ4n) is 1.85. The average Bonchev–Trinajstić information content (AvgIpc) is 2.96. The van der Waals surface area contributed by atoms with Crippen molar-refractivity contribution in [3.63, 3.8) is 0 Å². The monoisotopic (exact) mass is 224 g/mol. The fourth-order valence-corrected chi connectivity index (χ4v) is 1.85. The molecule has 1 saturated carbocycles. The Morgan fingerprint density at radius 3 is 2.38 bits per heavy atom. The van der Waals surface area contributed by atoms with Crippen molar-refractivity contribution in [2.24, 2.45) is 5.92 Å². The highest BCUT2D eigenvalue weighted by Gasteiger charge is 2.20. The van der Waals surface area contributed by atoms with Gasteiger partial charge < -0.3 is 5.32 Å². The number of hydrogen-bond acceptors (Lipinski definition) is 2. The summed E-state index contributed by atoms with van der Waals surface area (Å²) in [5, 5.41) is 3.53. The Morgan fingerprint density at radius 2 is 1.94 bits per heavy atom. The Labute approximate surface area is 101 Å². The Morgan fingerprint density at radius 1 is 1.31 bits per heavy atom. The van der Waals surface area contributed by atoms with Crippen molar-refractivity contribution < 1.29 is 0 Å². The number of rotatable bonds is 8. The van der Waals surface area contributed by atoms with E-state index in [1.165, 1.54) is 25.0 Å². The zero-order valence-corrected chi connectivity index (χ0v) is 11.4. The molecule has 94 valence electrons. The second kappa shape index (κ2) is 6.41. The summed E-state index contributed by atoms with van der Waals surface area (Å²) in [6.45, 7) is 16.5. The van der Waals surface area contributed by atoms with E-state index in [2.05, 4.69) is 44.5 Å². The van der Waals surface area contributed by atoms with Crippen LogP contribution in [0.3, 0.4) is 0 Å². The van der Waals surface area contributed by atoms with Crippen LogP contribution in [0.15, 0.2) is 12.2 Å². The molecule has 0 atom stereocenters. The summed E-state index contributed by atoms with van der Waals surface area (Å²) >= 11 is 0. The number of hydrogen-bond donors (Lipinski definition) is 1. The van der Waals surface area contributed by atoms with Crippen molar-refractivity contribution in [2.75, 3.05) is 19.6 Å². The number of nitrogens with zero attached hydrogens (tertiary/aromatic N) is 1. The smallest absolute Gasteiger partial charge is 0.0205 e. The lowest BCUT2D eigenvalue weighted by Crippen LogP contribution is -2.37. The van der Waals surface area contributed by atoms with Gasteiger partial charge in [-0.1, -0.05) is 20.4 Å². The van der Waals surface area contributed by atoms with Gasteiger partial charge >= 0.3 is 0 Å². The average molecular weight is 224 g/mol. The topological polar surface area (TPSA) is 15.3 Å². The summed E-state index contributed by atoms with van der Waals surface area (Å²) in [5.41, 5.74) is 1.32. The normalized spacial score (nSPS) is 16.4. The Balaban J connectivity index is 2.25. The third-order valence-electron chi connectivity index (χ3n) is 2.97. The maximum Gasteiger partial charge on any atom is 0.0205 e. The molecule has 16 heavy (non-hydrogen) atoms. The van der Waals surface area contributed by atoms with Gasteiger partial charge in [-0.2, -0.15) is 0 Å². The van der Waals surface area contributed by atoms with Crippen LogP contribution in [-0.4, -0.2) is 36.6 Å². The highest BCUT2D eigenvalue weighted by atomic mass is 15.1. The van der Waals surface area contributed by atoms with Crippen molar-refractivity contribution in [1.82, 2.24) is 10.2 Å². The maximum atomic E-state index is 4.18. The Kier molecular flexibility index (Phi) is 5.50. The highest BCUT2D eigenvalue weighted by molar-refractivity contribution is 5.02. The van der Waals surface area contributed by atoms with Gasteiger partial charge in [-0.05, 0) is 38.2 Å². The van der Waals surface area contributed by atoms with Crippen LogP contribution in [0, 0.1) is 5.92 Å². The first-order valence-electron chi connectivity index (χ1n) is 6.63. The molecule has 1 N–H and O–H groups in total. The van der Waals surface area contributed by atoms with E-state index in [1.54, 1.807) is 0 Å². The Bertz CT molecular complexity index is 217. The van der Waals surface area contributed by atoms with Crippen molar-refractivity contribution in [3.8, 4) is 0 Å². The van der Waals surface area contributed by atoms with Gasteiger partial charge in [0, 0.05) is 31.7 Å². The Hall–Kier alpha value is -0.340. The number of nitrogens with one attached hydrogen (secondary N) is 1. The molecule has 0 saturated heterocycles. The minimum Gasteiger partial charge on any atom is -0.310 e. The quantitative estimate of drug-likeness (QED) is 0.638. The first kappa shape index (κ1) is 13.7. The standard InChI is InChI=1S/C14H28N2/c1-11(2)9-16(12(3)4)10-13(5)8-15-14-6-7-14/h11-12,14-15H,5-10H2,1-4H3. The summed E-state index contributed by atoms with van der Waals surface area (Å²) < 4.78 is 0. The van der Waals surface area contributed by atoms with E-state index in [-0.39, 0.29) is 0 Å². The third-order valence-corrected chi connectivity index (χ3v) is 2.97. The van der Waals surface area contributed by atoms with Crippen molar-refractivity contribution in [1.29, 1.82) is 0 Å². The van der Waals surface area contributed by atoms with Gasteiger partial charge in [-0.3, -0.25) is 4.90 Å². The van der Waals surface area contributed by atoms with Gasteiger partial charge in [0.2, 0.25) is 0 Å². The lowest BCUT2D eigenvalue weighted by atomic mass is 10.1. The van der Waals surface area contributed by atoms with Gasteiger partial charge in [-0.25, -0.2) is 0 Å².